The summed E-state index contributed by atoms with van der Waals surface area (Å²) in [5.74, 6) is 1.97. The highest BCUT2D eigenvalue weighted by atomic mass is 16.4. The van der Waals surface area contributed by atoms with Crippen molar-refractivity contribution in [3.05, 3.63) is 11.8 Å². The summed E-state index contributed by atoms with van der Waals surface area (Å²) in [5, 5.41) is 11.4. The quantitative estimate of drug-likeness (QED) is 0.702. The molecule has 86 valence electrons. The SMILES string of the molecule is CCNCCc1nnc(C(CC)CC)o1. The predicted octanol–water partition coefficient (Wildman–Crippen LogP) is 2.13. The molecule has 0 bridgehead atoms. The molecule has 0 aliphatic heterocycles. The molecule has 0 aliphatic carbocycles. The Morgan fingerprint density at radius 3 is 2.53 bits per heavy atom. The van der Waals surface area contributed by atoms with Gasteiger partial charge in [-0.05, 0) is 19.4 Å². The van der Waals surface area contributed by atoms with Gasteiger partial charge in [0.2, 0.25) is 11.8 Å². The summed E-state index contributed by atoms with van der Waals surface area (Å²) < 4.78 is 5.61. The van der Waals surface area contributed by atoms with Crippen LogP contribution in [0.5, 0.6) is 0 Å². The van der Waals surface area contributed by atoms with Gasteiger partial charge in [-0.2, -0.15) is 0 Å². The van der Waals surface area contributed by atoms with E-state index in [2.05, 4.69) is 36.3 Å². The highest BCUT2D eigenvalue weighted by molar-refractivity contribution is 4.90. The van der Waals surface area contributed by atoms with Crippen LogP contribution in [0.4, 0.5) is 0 Å². The van der Waals surface area contributed by atoms with E-state index in [0.29, 0.717) is 5.92 Å². The van der Waals surface area contributed by atoms with E-state index < -0.39 is 0 Å². The van der Waals surface area contributed by atoms with Crippen LogP contribution in [0, 0.1) is 0 Å². The van der Waals surface area contributed by atoms with Gasteiger partial charge < -0.3 is 9.73 Å². The largest absolute Gasteiger partial charge is 0.425 e. The monoisotopic (exact) mass is 211 g/mol. The number of likely N-dealkylation sites (N-methyl/N-ethyl adjacent to an activating group) is 1. The lowest BCUT2D eigenvalue weighted by atomic mass is 10.0. The number of nitrogens with one attached hydrogen (secondary N) is 1. The second-order valence-electron chi connectivity index (χ2n) is 3.65. The molecule has 0 unspecified atom stereocenters. The Hall–Kier alpha value is -0.900. The molecule has 4 nitrogen and oxygen atoms in total. The highest BCUT2D eigenvalue weighted by Gasteiger charge is 2.14. The fourth-order valence-electron chi connectivity index (χ4n) is 1.54. The zero-order chi connectivity index (χ0) is 11.1. The lowest BCUT2D eigenvalue weighted by Gasteiger charge is -2.04. The van der Waals surface area contributed by atoms with Crippen LogP contribution < -0.4 is 5.32 Å². The zero-order valence-corrected chi connectivity index (χ0v) is 9.92. The molecule has 0 aliphatic rings. The Balaban J connectivity index is 2.47. The van der Waals surface area contributed by atoms with Crippen LogP contribution >= 0.6 is 0 Å². The molecule has 0 saturated heterocycles. The Morgan fingerprint density at radius 2 is 1.93 bits per heavy atom. The van der Waals surface area contributed by atoms with Crippen molar-refractivity contribution in [1.29, 1.82) is 0 Å². The smallest absolute Gasteiger partial charge is 0.219 e. The summed E-state index contributed by atoms with van der Waals surface area (Å²) in [6.07, 6.45) is 2.94. The lowest BCUT2D eigenvalue weighted by molar-refractivity contribution is 0.401. The molecular weight excluding hydrogens is 190 g/mol. The molecule has 0 aromatic carbocycles. The van der Waals surface area contributed by atoms with Gasteiger partial charge in [0.15, 0.2) is 0 Å². The summed E-state index contributed by atoms with van der Waals surface area (Å²) in [5.41, 5.74) is 0. The molecule has 4 heteroatoms. The summed E-state index contributed by atoms with van der Waals surface area (Å²) in [4.78, 5) is 0. The third kappa shape index (κ3) is 3.63. The van der Waals surface area contributed by atoms with Crippen molar-refractivity contribution in [2.24, 2.45) is 0 Å². The third-order valence-corrected chi connectivity index (χ3v) is 2.58. The molecular formula is C11H21N3O. The van der Waals surface area contributed by atoms with Gasteiger partial charge in [-0.25, -0.2) is 0 Å². The van der Waals surface area contributed by atoms with Crippen molar-refractivity contribution >= 4 is 0 Å². The molecule has 0 saturated carbocycles. The van der Waals surface area contributed by atoms with E-state index in [0.717, 1.165) is 44.1 Å². The maximum Gasteiger partial charge on any atom is 0.219 e. The van der Waals surface area contributed by atoms with Crippen LogP contribution in [0.2, 0.25) is 0 Å². The number of aromatic nitrogens is 2. The summed E-state index contributed by atoms with van der Waals surface area (Å²) in [7, 11) is 0. The van der Waals surface area contributed by atoms with Crippen LogP contribution in [0.25, 0.3) is 0 Å². The first-order chi connectivity index (χ1) is 7.31. The Morgan fingerprint density at radius 1 is 1.20 bits per heavy atom. The van der Waals surface area contributed by atoms with Gasteiger partial charge in [-0.3, -0.25) is 0 Å². The Kier molecular flexibility index (Phi) is 5.32. The Bertz CT molecular complexity index is 269. The fraction of sp³-hybridized carbons (Fsp3) is 0.818. The van der Waals surface area contributed by atoms with Gasteiger partial charge in [-0.15, -0.1) is 10.2 Å². The molecule has 1 aromatic heterocycles. The van der Waals surface area contributed by atoms with E-state index in [9.17, 15) is 0 Å². The lowest BCUT2D eigenvalue weighted by Crippen LogP contribution is -2.16. The number of rotatable bonds is 7. The maximum absolute atomic E-state index is 5.61. The number of hydrogen-bond acceptors (Lipinski definition) is 4. The van der Waals surface area contributed by atoms with Crippen molar-refractivity contribution in [3.63, 3.8) is 0 Å². The van der Waals surface area contributed by atoms with Gasteiger partial charge in [0.1, 0.15) is 0 Å². The topological polar surface area (TPSA) is 51.0 Å². The molecule has 1 N–H and O–H groups in total. The predicted molar refractivity (Wildman–Crippen MR) is 59.9 cm³/mol. The van der Waals surface area contributed by atoms with Crippen LogP contribution in [-0.2, 0) is 6.42 Å². The molecule has 0 atom stereocenters. The molecule has 0 fully saturated rings. The standard InChI is InChI=1S/C11H21N3O/c1-4-9(5-2)11-14-13-10(15-11)7-8-12-6-3/h9,12H,4-8H2,1-3H3. The molecule has 1 aromatic rings. The normalized spacial score (nSPS) is 11.2. The van der Waals surface area contributed by atoms with Crippen LogP contribution in [0.15, 0.2) is 4.42 Å². The fourth-order valence-corrected chi connectivity index (χ4v) is 1.54. The highest BCUT2D eigenvalue weighted by Crippen LogP contribution is 2.21. The van der Waals surface area contributed by atoms with Crippen molar-refractivity contribution < 1.29 is 4.42 Å². The van der Waals surface area contributed by atoms with Gasteiger partial charge in [0.05, 0.1) is 0 Å². The molecule has 0 radical (unpaired) electrons. The van der Waals surface area contributed by atoms with Gasteiger partial charge in [0.25, 0.3) is 0 Å². The molecule has 15 heavy (non-hydrogen) atoms. The average Bonchev–Trinajstić information content (AvgIpc) is 2.69. The molecule has 1 rings (SSSR count). The molecule has 0 spiro atoms. The van der Waals surface area contributed by atoms with Gasteiger partial charge in [0, 0.05) is 18.9 Å². The van der Waals surface area contributed by atoms with E-state index in [4.69, 9.17) is 4.42 Å². The van der Waals surface area contributed by atoms with E-state index in [1.54, 1.807) is 0 Å². The first kappa shape index (κ1) is 12.2. The second kappa shape index (κ2) is 6.56. The van der Waals surface area contributed by atoms with E-state index in [-0.39, 0.29) is 0 Å². The molecule has 1 heterocycles. The minimum Gasteiger partial charge on any atom is -0.425 e. The van der Waals surface area contributed by atoms with Crippen molar-refractivity contribution in [2.75, 3.05) is 13.1 Å². The van der Waals surface area contributed by atoms with Gasteiger partial charge in [-0.1, -0.05) is 20.8 Å². The van der Waals surface area contributed by atoms with E-state index in [1.165, 1.54) is 0 Å². The van der Waals surface area contributed by atoms with Crippen LogP contribution in [-0.4, -0.2) is 23.3 Å². The van der Waals surface area contributed by atoms with E-state index >= 15 is 0 Å². The second-order valence-corrected chi connectivity index (χ2v) is 3.65. The summed E-state index contributed by atoms with van der Waals surface area (Å²) in [6.45, 7) is 8.27. The first-order valence-electron chi connectivity index (χ1n) is 5.84. The summed E-state index contributed by atoms with van der Waals surface area (Å²) >= 11 is 0. The third-order valence-electron chi connectivity index (χ3n) is 2.58. The maximum atomic E-state index is 5.61. The van der Waals surface area contributed by atoms with Crippen molar-refractivity contribution in [2.45, 2.75) is 46.0 Å². The minimum atomic E-state index is 0.422. The van der Waals surface area contributed by atoms with Crippen molar-refractivity contribution in [1.82, 2.24) is 15.5 Å². The average molecular weight is 211 g/mol. The first-order valence-corrected chi connectivity index (χ1v) is 5.84. The zero-order valence-electron chi connectivity index (χ0n) is 9.92. The number of nitrogens with zero attached hydrogens (tertiary/aromatic N) is 2. The summed E-state index contributed by atoms with van der Waals surface area (Å²) in [6, 6.07) is 0. The van der Waals surface area contributed by atoms with Crippen LogP contribution in [0.1, 0.15) is 51.3 Å². The van der Waals surface area contributed by atoms with Crippen molar-refractivity contribution in [3.8, 4) is 0 Å². The van der Waals surface area contributed by atoms with Gasteiger partial charge >= 0.3 is 0 Å². The molecule has 0 amide bonds. The van der Waals surface area contributed by atoms with E-state index in [1.807, 2.05) is 0 Å². The Labute approximate surface area is 91.5 Å². The minimum absolute atomic E-state index is 0.422. The van der Waals surface area contributed by atoms with Crippen LogP contribution in [0.3, 0.4) is 0 Å². The number of hydrogen-bond donors (Lipinski definition) is 1.